The fraction of sp³-hybridized carbons (Fsp3) is 0.543. The van der Waals surface area contributed by atoms with Crippen LogP contribution in [0.5, 0.6) is 0 Å². The molecule has 0 aliphatic carbocycles. The maximum Gasteiger partial charge on any atom is 0.107 e. The Morgan fingerprint density at radius 2 is 1.20 bits per heavy atom. The minimum atomic E-state index is 0.172. The van der Waals surface area contributed by atoms with Gasteiger partial charge in [0.15, 0.2) is 0 Å². The number of hydrogen-bond donors (Lipinski definition) is 0. The van der Waals surface area contributed by atoms with E-state index in [1.54, 1.807) is 0 Å². The molecule has 1 fully saturated rings. The van der Waals surface area contributed by atoms with E-state index in [4.69, 9.17) is 18.9 Å². The summed E-state index contributed by atoms with van der Waals surface area (Å²) < 4.78 is 23.1. The molecule has 0 saturated carbocycles. The molecule has 40 heavy (non-hydrogen) atoms. The summed E-state index contributed by atoms with van der Waals surface area (Å²) in [6.45, 7) is 10.8. The molecule has 2 aromatic rings. The first kappa shape index (κ1) is 31.9. The molecule has 0 amide bonds. The third-order valence-electron chi connectivity index (χ3n) is 7.09. The van der Waals surface area contributed by atoms with Gasteiger partial charge >= 0.3 is 0 Å². The van der Waals surface area contributed by atoms with Gasteiger partial charge in [-0.1, -0.05) is 78.4 Å². The highest BCUT2D eigenvalue weighted by molar-refractivity contribution is 5.14. The van der Waals surface area contributed by atoms with Gasteiger partial charge in [0, 0.05) is 6.42 Å². The van der Waals surface area contributed by atoms with Crippen LogP contribution in [-0.2, 0) is 32.2 Å². The molecular weight excluding hydrogens is 498 g/mol. The van der Waals surface area contributed by atoms with Gasteiger partial charge in [-0.25, -0.2) is 0 Å². The molecule has 1 aliphatic rings. The van der Waals surface area contributed by atoms with E-state index in [2.05, 4.69) is 66.7 Å². The van der Waals surface area contributed by atoms with Crippen LogP contribution in [-0.4, -0.2) is 63.2 Å². The topological polar surface area (TPSA) is 40.2 Å². The second-order valence-corrected chi connectivity index (χ2v) is 10.5. The lowest BCUT2D eigenvalue weighted by molar-refractivity contribution is 0.0264. The maximum absolute atomic E-state index is 5.88. The van der Waals surface area contributed by atoms with Gasteiger partial charge in [0.2, 0.25) is 0 Å². The van der Waals surface area contributed by atoms with Crippen LogP contribution in [0, 0.1) is 29.6 Å². The van der Waals surface area contributed by atoms with E-state index in [0.29, 0.717) is 45.6 Å². The Morgan fingerprint density at radius 3 is 1.73 bits per heavy atom. The molecule has 2 unspecified atom stereocenters. The summed E-state index contributed by atoms with van der Waals surface area (Å²) in [6, 6.07) is 20.5. The van der Waals surface area contributed by atoms with Crippen LogP contribution in [0.2, 0.25) is 0 Å². The van der Waals surface area contributed by atoms with Crippen molar-refractivity contribution in [3.63, 3.8) is 0 Å². The number of rotatable bonds is 16. The van der Waals surface area contributed by atoms with Crippen molar-refractivity contribution in [3.8, 4) is 23.7 Å². The van der Waals surface area contributed by atoms with Gasteiger partial charge in [-0.15, -0.1) is 5.92 Å². The molecular formula is C35H47NO4. The lowest BCUT2D eigenvalue weighted by Gasteiger charge is -2.29. The summed E-state index contributed by atoms with van der Waals surface area (Å²) in [5.74, 6) is 13.6. The minimum absolute atomic E-state index is 0.172. The molecule has 2 atom stereocenters. The molecule has 0 N–H and O–H groups in total. The predicted molar refractivity (Wildman–Crippen MR) is 162 cm³/mol. The second-order valence-electron chi connectivity index (χ2n) is 10.5. The zero-order valence-corrected chi connectivity index (χ0v) is 24.5. The van der Waals surface area contributed by atoms with Crippen molar-refractivity contribution in [1.29, 1.82) is 0 Å². The Bertz CT molecular complexity index is 944. The Hall–Kier alpha value is -2.64. The van der Waals surface area contributed by atoms with Crippen molar-refractivity contribution in [2.24, 2.45) is 5.92 Å². The maximum atomic E-state index is 5.88. The number of likely N-dealkylation sites (tertiary alicyclic amines) is 1. The Labute approximate surface area is 242 Å². The molecule has 2 aromatic carbocycles. The molecule has 5 heteroatoms. The zero-order valence-electron chi connectivity index (χ0n) is 24.5. The summed E-state index contributed by atoms with van der Waals surface area (Å²) in [4.78, 5) is 2.43. The van der Waals surface area contributed by atoms with E-state index in [-0.39, 0.29) is 12.2 Å². The molecule has 0 radical (unpaired) electrons. The lowest BCUT2D eigenvalue weighted by Crippen LogP contribution is -2.33. The standard InChI is InChI=1S/C35H47NO4/c1-31(39-29-34-14-5-3-6-15-34)20-27-37-25-11-9-13-33-18-23-36(24-19-33)22-10-12-26-38-28-21-32(2)40-30-35-16-7-4-8-17-35/h3-8,14-17,31-33H,13,18-30H2,1-2H3. The molecule has 1 saturated heterocycles. The van der Waals surface area contributed by atoms with Crippen molar-refractivity contribution in [2.75, 3.05) is 46.1 Å². The quantitative estimate of drug-likeness (QED) is 0.188. The van der Waals surface area contributed by atoms with Gasteiger partial charge in [0.05, 0.1) is 45.2 Å². The average Bonchev–Trinajstić information content (AvgIpc) is 2.99. The third kappa shape index (κ3) is 14.7. The third-order valence-corrected chi connectivity index (χ3v) is 7.09. The van der Waals surface area contributed by atoms with Crippen LogP contribution in [0.25, 0.3) is 0 Å². The summed E-state index contributed by atoms with van der Waals surface area (Å²) in [6.07, 6.45) is 5.43. The normalized spacial score (nSPS) is 15.4. The molecule has 0 spiro atoms. The van der Waals surface area contributed by atoms with Crippen LogP contribution >= 0.6 is 0 Å². The first-order valence-electron chi connectivity index (χ1n) is 14.8. The molecule has 1 heterocycles. The summed E-state index contributed by atoms with van der Waals surface area (Å²) in [5, 5.41) is 0. The van der Waals surface area contributed by atoms with Crippen molar-refractivity contribution >= 4 is 0 Å². The van der Waals surface area contributed by atoms with Gasteiger partial charge < -0.3 is 18.9 Å². The number of ether oxygens (including phenoxy) is 4. The van der Waals surface area contributed by atoms with Crippen LogP contribution < -0.4 is 0 Å². The van der Waals surface area contributed by atoms with Crippen molar-refractivity contribution < 1.29 is 18.9 Å². The highest BCUT2D eigenvalue weighted by Gasteiger charge is 2.17. The van der Waals surface area contributed by atoms with Crippen molar-refractivity contribution in [2.45, 2.75) is 71.4 Å². The minimum Gasteiger partial charge on any atom is -0.374 e. The number of nitrogens with zero attached hydrogens (tertiary/aromatic N) is 1. The van der Waals surface area contributed by atoms with Crippen molar-refractivity contribution in [3.05, 3.63) is 71.8 Å². The Kier molecular flexibility index (Phi) is 16.2. The van der Waals surface area contributed by atoms with E-state index in [0.717, 1.165) is 38.9 Å². The highest BCUT2D eigenvalue weighted by Crippen LogP contribution is 2.19. The van der Waals surface area contributed by atoms with Gasteiger partial charge in [0.25, 0.3) is 0 Å². The van der Waals surface area contributed by atoms with Gasteiger partial charge in [-0.05, 0) is 69.7 Å². The number of piperidine rings is 1. The average molecular weight is 546 g/mol. The lowest BCUT2D eigenvalue weighted by atomic mass is 9.94. The largest absolute Gasteiger partial charge is 0.374 e. The Morgan fingerprint density at radius 1 is 0.700 bits per heavy atom. The zero-order chi connectivity index (χ0) is 28.1. The number of benzene rings is 2. The summed E-state index contributed by atoms with van der Waals surface area (Å²) in [7, 11) is 0. The molecule has 1 aliphatic heterocycles. The van der Waals surface area contributed by atoms with E-state index in [9.17, 15) is 0 Å². The summed E-state index contributed by atoms with van der Waals surface area (Å²) in [5.41, 5.74) is 2.40. The molecule has 0 bridgehead atoms. The van der Waals surface area contributed by atoms with Crippen LogP contribution in [0.4, 0.5) is 0 Å². The van der Waals surface area contributed by atoms with Crippen LogP contribution in [0.15, 0.2) is 60.7 Å². The summed E-state index contributed by atoms with van der Waals surface area (Å²) >= 11 is 0. The first-order valence-corrected chi connectivity index (χ1v) is 14.8. The van der Waals surface area contributed by atoms with Gasteiger partial charge in [0.1, 0.15) is 13.2 Å². The van der Waals surface area contributed by atoms with E-state index in [1.165, 1.54) is 24.0 Å². The van der Waals surface area contributed by atoms with Crippen LogP contribution in [0.1, 0.15) is 57.1 Å². The van der Waals surface area contributed by atoms with Gasteiger partial charge in [-0.3, -0.25) is 4.90 Å². The Balaban J connectivity index is 1.12. The molecule has 0 aromatic heterocycles. The van der Waals surface area contributed by atoms with Crippen molar-refractivity contribution in [1.82, 2.24) is 4.90 Å². The molecule has 3 rings (SSSR count). The SMILES string of the molecule is CC(CCOCC#CCC1CCN(CC#CCOCCC(C)OCc2ccccc2)CC1)OCc1ccccc1. The van der Waals surface area contributed by atoms with E-state index < -0.39 is 0 Å². The second kappa shape index (κ2) is 20.3. The van der Waals surface area contributed by atoms with Gasteiger partial charge in [-0.2, -0.15) is 0 Å². The highest BCUT2D eigenvalue weighted by atomic mass is 16.5. The smallest absolute Gasteiger partial charge is 0.107 e. The molecule has 5 nitrogen and oxygen atoms in total. The fourth-order valence-corrected chi connectivity index (χ4v) is 4.37. The van der Waals surface area contributed by atoms with E-state index >= 15 is 0 Å². The monoisotopic (exact) mass is 545 g/mol. The first-order chi connectivity index (χ1) is 19.7. The fourth-order valence-electron chi connectivity index (χ4n) is 4.37. The van der Waals surface area contributed by atoms with Crippen LogP contribution in [0.3, 0.4) is 0 Å². The number of hydrogen-bond acceptors (Lipinski definition) is 5. The molecule has 216 valence electrons. The predicted octanol–water partition coefficient (Wildman–Crippen LogP) is 6.12. The van der Waals surface area contributed by atoms with E-state index in [1.807, 2.05) is 36.4 Å².